The first-order valence-electron chi connectivity index (χ1n) is 7.62. The van der Waals surface area contributed by atoms with Crippen molar-refractivity contribution in [1.29, 1.82) is 0 Å². The van der Waals surface area contributed by atoms with Gasteiger partial charge in [-0.25, -0.2) is 0 Å². The number of carbonyl (C=O) groups is 1. The summed E-state index contributed by atoms with van der Waals surface area (Å²) in [6, 6.07) is 16.3. The molecule has 0 bridgehead atoms. The molecular weight excluding hydrogens is 391 g/mol. The van der Waals surface area contributed by atoms with E-state index in [1.54, 1.807) is 24.3 Å². The highest BCUT2D eigenvalue weighted by atomic mass is 35.5. The zero-order valence-electron chi connectivity index (χ0n) is 13.7. The largest absolute Gasteiger partial charge is 0.496 e. The van der Waals surface area contributed by atoms with Gasteiger partial charge in [0.15, 0.2) is 5.11 Å². The van der Waals surface area contributed by atoms with Crippen molar-refractivity contribution in [3.05, 3.63) is 70.2 Å². The summed E-state index contributed by atoms with van der Waals surface area (Å²) in [4.78, 5) is 12.6. The van der Waals surface area contributed by atoms with Crippen molar-refractivity contribution >= 4 is 62.9 Å². The normalized spacial score (nSPS) is 10.4. The van der Waals surface area contributed by atoms with Gasteiger partial charge in [-0.1, -0.05) is 47.5 Å². The molecular formula is C19H14Cl2N2O2S. The molecule has 0 aromatic heterocycles. The van der Waals surface area contributed by atoms with Crippen molar-refractivity contribution < 1.29 is 9.53 Å². The van der Waals surface area contributed by atoms with Crippen LogP contribution >= 0.6 is 35.4 Å². The highest BCUT2D eigenvalue weighted by Crippen LogP contribution is 2.26. The van der Waals surface area contributed by atoms with E-state index in [4.69, 9.17) is 40.2 Å². The van der Waals surface area contributed by atoms with Crippen LogP contribution in [0.15, 0.2) is 54.6 Å². The van der Waals surface area contributed by atoms with Gasteiger partial charge < -0.3 is 10.1 Å². The number of thiocarbonyl (C=S) groups is 1. The minimum Gasteiger partial charge on any atom is -0.496 e. The van der Waals surface area contributed by atoms with Crippen LogP contribution in [0.2, 0.25) is 10.0 Å². The van der Waals surface area contributed by atoms with Crippen LogP contribution in [-0.4, -0.2) is 18.1 Å². The van der Waals surface area contributed by atoms with Crippen LogP contribution < -0.4 is 15.4 Å². The average Bonchev–Trinajstić information content (AvgIpc) is 2.63. The third-order valence-electron chi connectivity index (χ3n) is 3.72. The van der Waals surface area contributed by atoms with E-state index >= 15 is 0 Å². The minimum absolute atomic E-state index is 0.142. The van der Waals surface area contributed by atoms with Gasteiger partial charge in [-0.2, -0.15) is 0 Å². The molecule has 3 aromatic rings. The zero-order chi connectivity index (χ0) is 18.7. The van der Waals surface area contributed by atoms with E-state index in [0.717, 1.165) is 10.8 Å². The molecule has 1 amide bonds. The molecule has 4 nitrogen and oxygen atoms in total. The Hall–Kier alpha value is -2.34. The number of nitrogens with one attached hydrogen (secondary N) is 2. The van der Waals surface area contributed by atoms with E-state index in [1.807, 2.05) is 30.3 Å². The first-order valence-corrected chi connectivity index (χ1v) is 8.78. The molecule has 0 aliphatic carbocycles. The summed E-state index contributed by atoms with van der Waals surface area (Å²) in [5, 5.41) is 8.43. The predicted octanol–water partition coefficient (Wildman–Crippen LogP) is 5.28. The molecule has 3 rings (SSSR count). The Kier molecular flexibility index (Phi) is 5.61. The highest BCUT2D eigenvalue weighted by molar-refractivity contribution is 7.80. The number of fused-ring (bicyclic) bond motifs is 1. The molecule has 0 unspecified atom stereocenters. The standard InChI is InChI=1S/C19H14Cl2N2O2S/c1-25-17-9-12-5-3-2-4-11(12)8-14(17)18(24)23-19(26)22-13-6-7-15(20)16(21)10-13/h2-10H,1H3,(H2,22,23,24,26). The van der Waals surface area contributed by atoms with Crippen LogP contribution in [-0.2, 0) is 0 Å². The molecule has 0 fully saturated rings. The first-order chi connectivity index (χ1) is 12.5. The van der Waals surface area contributed by atoms with Crippen LogP contribution in [0.25, 0.3) is 10.8 Å². The molecule has 132 valence electrons. The van der Waals surface area contributed by atoms with Crippen LogP contribution in [0.3, 0.4) is 0 Å². The summed E-state index contributed by atoms with van der Waals surface area (Å²) >= 11 is 17.1. The Labute approximate surface area is 166 Å². The van der Waals surface area contributed by atoms with Gasteiger partial charge in [0.05, 0.1) is 22.7 Å². The second kappa shape index (κ2) is 7.91. The minimum atomic E-state index is -0.370. The summed E-state index contributed by atoms with van der Waals surface area (Å²) in [6.45, 7) is 0. The van der Waals surface area contributed by atoms with E-state index in [9.17, 15) is 4.79 Å². The number of ether oxygens (including phenoxy) is 1. The number of carbonyl (C=O) groups excluding carboxylic acids is 1. The smallest absolute Gasteiger partial charge is 0.261 e. The van der Waals surface area contributed by atoms with Crippen molar-refractivity contribution in [3.63, 3.8) is 0 Å². The Morgan fingerprint density at radius 1 is 1.00 bits per heavy atom. The third-order valence-corrected chi connectivity index (χ3v) is 4.66. The summed E-state index contributed by atoms with van der Waals surface area (Å²) in [5.41, 5.74) is 1.01. The van der Waals surface area contributed by atoms with E-state index in [2.05, 4.69) is 10.6 Å². The third kappa shape index (κ3) is 4.07. The van der Waals surface area contributed by atoms with E-state index in [0.29, 0.717) is 27.0 Å². The van der Waals surface area contributed by atoms with Gasteiger partial charge >= 0.3 is 0 Å². The van der Waals surface area contributed by atoms with Crippen molar-refractivity contribution in [3.8, 4) is 5.75 Å². The monoisotopic (exact) mass is 404 g/mol. The molecule has 0 radical (unpaired) electrons. The molecule has 3 aromatic carbocycles. The van der Waals surface area contributed by atoms with Crippen molar-refractivity contribution in [2.24, 2.45) is 0 Å². The van der Waals surface area contributed by atoms with Gasteiger partial charge in [-0.3, -0.25) is 10.1 Å². The van der Waals surface area contributed by atoms with Gasteiger partial charge in [0.1, 0.15) is 5.75 Å². The first kappa shape index (κ1) is 18.5. The number of methoxy groups -OCH3 is 1. The number of halogens is 2. The van der Waals surface area contributed by atoms with Crippen LogP contribution in [0.4, 0.5) is 5.69 Å². The molecule has 2 N–H and O–H groups in total. The van der Waals surface area contributed by atoms with Gasteiger partial charge in [-0.15, -0.1) is 0 Å². The zero-order valence-corrected chi connectivity index (χ0v) is 16.0. The summed E-state index contributed by atoms with van der Waals surface area (Å²) in [5.74, 6) is 0.101. The lowest BCUT2D eigenvalue weighted by Crippen LogP contribution is -2.34. The number of hydrogen-bond acceptors (Lipinski definition) is 3. The van der Waals surface area contributed by atoms with Crippen molar-refractivity contribution in [1.82, 2.24) is 5.32 Å². The second-order valence-corrected chi connectivity index (χ2v) is 6.66. The quantitative estimate of drug-likeness (QED) is 0.582. The summed E-state index contributed by atoms with van der Waals surface area (Å²) in [6.07, 6.45) is 0. The topological polar surface area (TPSA) is 50.4 Å². The lowest BCUT2D eigenvalue weighted by molar-refractivity contribution is 0.0975. The fourth-order valence-corrected chi connectivity index (χ4v) is 2.98. The van der Waals surface area contributed by atoms with Crippen LogP contribution in [0, 0.1) is 0 Å². The van der Waals surface area contributed by atoms with E-state index in [1.165, 1.54) is 7.11 Å². The molecule has 0 aliphatic heterocycles. The fraction of sp³-hybridized carbons (Fsp3) is 0.0526. The number of rotatable bonds is 3. The van der Waals surface area contributed by atoms with Gasteiger partial charge in [0.25, 0.3) is 5.91 Å². The van der Waals surface area contributed by atoms with Gasteiger partial charge in [0.2, 0.25) is 0 Å². The van der Waals surface area contributed by atoms with E-state index < -0.39 is 0 Å². The molecule has 0 atom stereocenters. The molecule has 0 saturated heterocycles. The number of benzene rings is 3. The van der Waals surface area contributed by atoms with Crippen molar-refractivity contribution in [2.45, 2.75) is 0 Å². The van der Waals surface area contributed by atoms with Crippen LogP contribution in [0.5, 0.6) is 5.75 Å². The lowest BCUT2D eigenvalue weighted by atomic mass is 10.1. The molecule has 0 saturated carbocycles. The Morgan fingerprint density at radius 2 is 1.69 bits per heavy atom. The number of amides is 1. The summed E-state index contributed by atoms with van der Waals surface area (Å²) in [7, 11) is 1.52. The predicted molar refractivity (Wildman–Crippen MR) is 111 cm³/mol. The second-order valence-electron chi connectivity index (χ2n) is 5.44. The molecule has 0 heterocycles. The van der Waals surface area contributed by atoms with Gasteiger partial charge in [0, 0.05) is 5.69 Å². The Bertz CT molecular complexity index is 1010. The molecule has 7 heteroatoms. The fourth-order valence-electron chi connectivity index (χ4n) is 2.47. The number of hydrogen-bond donors (Lipinski definition) is 2. The SMILES string of the molecule is COc1cc2ccccc2cc1C(=O)NC(=S)Nc1ccc(Cl)c(Cl)c1. The molecule has 26 heavy (non-hydrogen) atoms. The molecule has 0 spiro atoms. The summed E-state index contributed by atoms with van der Waals surface area (Å²) < 4.78 is 5.35. The lowest BCUT2D eigenvalue weighted by Gasteiger charge is -2.13. The van der Waals surface area contributed by atoms with Gasteiger partial charge in [-0.05, 0) is 53.3 Å². The Balaban J connectivity index is 1.79. The highest BCUT2D eigenvalue weighted by Gasteiger charge is 2.15. The average molecular weight is 405 g/mol. The molecule has 0 aliphatic rings. The maximum Gasteiger partial charge on any atom is 0.261 e. The number of anilines is 1. The Morgan fingerprint density at radius 3 is 2.35 bits per heavy atom. The maximum atomic E-state index is 12.6. The van der Waals surface area contributed by atoms with Crippen LogP contribution in [0.1, 0.15) is 10.4 Å². The van der Waals surface area contributed by atoms with E-state index in [-0.39, 0.29) is 11.0 Å². The van der Waals surface area contributed by atoms with Crippen molar-refractivity contribution in [2.75, 3.05) is 12.4 Å². The maximum absolute atomic E-state index is 12.6.